The topological polar surface area (TPSA) is 3.24 Å². The van der Waals surface area contributed by atoms with Gasteiger partial charge in [-0.15, -0.1) is 0 Å². The molecule has 0 atom stereocenters. The lowest BCUT2D eigenvalue weighted by molar-refractivity contribution is 0.256. The third-order valence-corrected chi connectivity index (χ3v) is 10.3. The molecule has 0 N–H and O–H groups in total. The van der Waals surface area contributed by atoms with Gasteiger partial charge in [0.15, 0.2) is 0 Å². The summed E-state index contributed by atoms with van der Waals surface area (Å²) in [6, 6.07) is 54.5. The Balaban J connectivity index is 1.41. The zero-order chi connectivity index (χ0) is 31.3. The molecule has 1 heterocycles. The van der Waals surface area contributed by atoms with Crippen LogP contribution in [-0.4, -0.2) is 11.4 Å². The van der Waals surface area contributed by atoms with Crippen molar-refractivity contribution in [2.75, 3.05) is 6.54 Å². The summed E-state index contributed by atoms with van der Waals surface area (Å²) in [4.78, 5) is 2.72. The molecule has 0 saturated heterocycles. The Kier molecular flexibility index (Phi) is 6.87. The normalized spacial score (nSPS) is 13.2. The molecule has 1 aliphatic heterocycles. The van der Waals surface area contributed by atoms with Gasteiger partial charge in [-0.2, -0.15) is 0 Å². The van der Waals surface area contributed by atoms with Gasteiger partial charge in [0.05, 0.1) is 0 Å². The zero-order valence-corrected chi connectivity index (χ0v) is 26.8. The third-order valence-electron chi connectivity index (χ3n) is 10.3. The summed E-state index contributed by atoms with van der Waals surface area (Å²) >= 11 is 0. The maximum absolute atomic E-state index is 2.72. The molecule has 0 amide bonds. The van der Waals surface area contributed by atoms with E-state index < -0.39 is 0 Å². The summed E-state index contributed by atoms with van der Waals surface area (Å²) in [6.07, 6.45) is 2.36. The molecule has 0 unspecified atom stereocenters. The fourth-order valence-corrected chi connectivity index (χ4v) is 7.95. The average Bonchev–Trinajstić information content (AvgIpc) is 3.30. The molecule has 1 nitrogen and oxygen atoms in total. The minimum absolute atomic E-state index is 0.919. The first-order chi connectivity index (χ1) is 23.2. The maximum Gasteiger partial charge on any atom is 0.0249 e. The predicted molar refractivity (Wildman–Crippen MR) is 202 cm³/mol. The second kappa shape index (κ2) is 11.5. The highest BCUT2D eigenvalue weighted by molar-refractivity contribution is 6.12. The zero-order valence-electron chi connectivity index (χ0n) is 26.8. The Labute approximate surface area is 276 Å². The predicted octanol–water partition coefficient (Wildman–Crippen LogP) is 12.4. The van der Waals surface area contributed by atoms with Gasteiger partial charge in [-0.1, -0.05) is 135 Å². The molecule has 8 aromatic rings. The Morgan fingerprint density at radius 3 is 1.34 bits per heavy atom. The van der Waals surface area contributed by atoms with Crippen molar-refractivity contribution in [2.24, 2.45) is 0 Å². The van der Waals surface area contributed by atoms with E-state index in [1.165, 1.54) is 100 Å². The van der Waals surface area contributed by atoms with Crippen LogP contribution in [0, 0.1) is 0 Å². The molecule has 0 spiro atoms. The second-order valence-corrected chi connectivity index (χ2v) is 13.2. The van der Waals surface area contributed by atoms with E-state index in [2.05, 4.69) is 157 Å². The Bertz CT molecular complexity index is 2300. The molecule has 226 valence electrons. The van der Waals surface area contributed by atoms with Gasteiger partial charge in [-0.3, -0.25) is 4.90 Å². The van der Waals surface area contributed by atoms with Crippen LogP contribution in [0.2, 0.25) is 0 Å². The first-order valence-electron chi connectivity index (χ1n) is 17.1. The molecular formula is C46H37N. The van der Waals surface area contributed by atoms with Gasteiger partial charge in [0.1, 0.15) is 0 Å². The lowest BCUT2D eigenvalue weighted by Gasteiger charge is -2.23. The quantitative estimate of drug-likeness (QED) is 0.189. The fraction of sp³-hybridized carbons (Fsp3) is 0.130. The summed E-state index contributed by atoms with van der Waals surface area (Å²) < 4.78 is 0. The van der Waals surface area contributed by atoms with Crippen molar-refractivity contribution in [3.63, 3.8) is 0 Å². The summed E-state index contributed by atoms with van der Waals surface area (Å²) in [7, 11) is 0. The van der Waals surface area contributed by atoms with E-state index in [0.29, 0.717) is 0 Å². The van der Waals surface area contributed by atoms with E-state index in [9.17, 15) is 0 Å². The Morgan fingerprint density at radius 1 is 0.447 bits per heavy atom. The van der Waals surface area contributed by atoms with E-state index in [4.69, 9.17) is 0 Å². The van der Waals surface area contributed by atoms with E-state index in [1.54, 1.807) is 0 Å². The largest absolute Gasteiger partial charge is 0.295 e. The van der Waals surface area contributed by atoms with Gasteiger partial charge in [-0.05, 0) is 125 Å². The minimum atomic E-state index is 0.919. The molecule has 0 saturated carbocycles. The number of hydrogen-bond donors (Lipinski definition) is 0. The molecule has 0 bridgehead atoms. The van der Waals surface area contributed by atoms with Gasteiger partial charge in [0.2, 0.25) is 0 Å². The van der Waals surface area contributed by atoms with Crippen molar-refractivity contribution in [2.45, 2.75) is 32.9 Å². The molecule has 8 aromatic carbocycles. The van der Waals surface area contributed by atoms with Crippen LogP contribution in [0.25, 0.3) is 76.5 Å². The highest BCUT2D eigenvalue weighted by Crippen LogP contribution is 2.48. The van der Waals surface area contributed by atoms with E-state index in [0.717, 1.165) is 19.6 Å². The summed E-state index contributed by atoms with van der Waals surface area (Å²) in [6.45, 7) is 5.22. The maximum atomic E-state index is 2.72. The van der Waals surface area contributed by atoms with E-state index in [-0.39, 0.29) is 0 Å². The number of fused-ring (bicyclic) bond motifs is 9. The monoisotopic (exact) mass is 603 g/mol. The van der Waals surface area contributed by atoms with Crippen molar-refractivity contribution in [1.29, 1.82) is 0 Å². The number of unbranched alkanes of at least 4 members (excludes halogenated alkanes) is 1. The molecule has 0 aromatic heterocycles. The van der Waals surface area contributed by atoms with E-state index in [1.807, 2.05) is 0 Å². The Morgan fingerprint density at radius 2 is 0.872 bits per heavy atom. The van der Waals surface area contributed by atoms with Gasteiger partial charge in [0, 0.05) is 13.1 Å². The Hall–Kier alpha value is -5.24. The highest BCUT2D eigenvalue weighted by Gasteiger charge is 2.28. The van der Waals surface area contributed by atoms with Gasteiger partial charge >= 0.3 is 0 Å². The highest BCUT2D eigenvalue weighted by atomic mass is 15.1. The number of benzene rings is 8. The first-order valence-corrected chi connectivity index (χ1v) is 17.1. The van der Waals surface area contributed by atoms with Crippen LogP contribution in [0.3, 0.4) is 0 Å². The molecular weight excluding hydrogens is 567 g/mol. The van der Waals surface area contributed by atoms with Gasteiger partial charge < -0.3 is 0 Å². The van der Waals surface area contributed by atoms with E-state index >= 15 is 0 Å². The number of hydrogen-bond acceptors (Lipinski definition) is 1. The molecule has 1 aliphatic rings. The van der Waals surface area contributed by atoms with Crippen LogP contribution in [0.5, 0.6) is 0 Å². The van der Waals surface area contributed by atoms with Gasteiger partial charge in [-0.25, -0.2) is 0 Å². The minimum Gasteiger partial charge on any atom is -0.295 e. The average molecular weight is 604 g/mol. The lowest BCUT2D eigenvalue weighted by Crippen LogP contribution is -2.23. The summed E-state index contributed by atoms with van der Waals surface area (Å²) in [5.74, 6) is 0. The van der Waals surface area contributed by atoms with Crippen LogP contribution in [-0.2, 0) is 13.1 Å². The van der Waals surface area contributed by atoms with Crippen LogP contribution in [0.1, 0.15) is 30.9 Å². The molecule has 0 radical (unpaired) electrons. The van der Waals surface area contributed by atoms with Crippen LogP contribution in [0.4, 0.5) is 0 Å². The van der Waals surface area contributed by atoms with Crippen molar-refractivity contribution in [3.8, 4) is 33.4 Å². The smallest absolute Gasteiger partial charge is 0.0249 e. The van der Waals surface area contributed by atoms with Crippen molar-refractivity contribution >= 4 is 43.1 Å². The molecule has 47 heavy (non-hydrogen) atoms. The van der Waals surface area contributed by atoms with Crippen molar-refractivity contribution in [3.05, 3.63) is 157 Å². The molecule has 0 aliphatic carbocycles. The summed E-state index contributed by atoms with van der Waals surface area (Å²) in [5.41, 5.74) is 11.0. The van der Waals surface area contributed by atoms with Crippen molar-refractivity contribution in [1.82, 2.24) is 4.90 Å². The van der Waals surface area contributed by atoms with Crippen LogP contribution >= 0.6 is 0 Å². The van der Waals surface area contributed by atoms with Crippen LogP contribution < -0.4 is 0 Å². The molecule has 1 heteroatoms. The molecule has 9 rings (SSSR count). The van der Waals surface area contributed by atoms with Gasteiger partial charge in [0.25, 0.3) is 0 Å². The first kappa shape index (κ1) is 28.0. The lowest BCUT2D eigenvalue weighted by atomic mass is 9.82. The number of nitrogens with zero attached hydrogens (tertiary/aromatic N) is 1. The van der Waals surface area contributed by atoms with Crippen molar-refractivity contribution < 1.29 is 0 Å². The standard InChI is InChI=1S/C46H37N/c1-2-3-24-47-29-43-41(37-22-20-31-12-4-6-14-33(31)25-37)27-35-16-8-10-18-39(35)45(43)46-40-19-11-9-17-36(40)28-42(44(46)30-47)38-23-21-32-13-5-7-15-34(32)26-38/h4-23,25-28H,2-3,24,29-30H2,1H3. The SMILES string of the molecule is CCCCN1Cc2c(-c3ccc4ccccc4c3)cc3ccccc3c2-c2c(c(-c3ccc4ccccc4c3)cc3ccccc23)C1. The third kappa shape index (κ3) is 4.82. The number of rotatable bonds is 5. The summed E-state index contributed by atoms with van der Waals surface area (Å²) in [5, 5.41) is 10.4. The molecule has 0 fully saturated rings. The second-order valence-electron chi connectivity index (χ2n) is 13.2. The fourth-order valence-electron chi connectivity index (χ4n) is 7.95. The van der Waals surface area contributed by atoms with Crippen LogP contribution in [0.15, 0.2) is 146 Å².